The van der Waals surface area contributed by atoms with E-state index in [1.165, 1.54) is 19.9 Å². The third kappa shape index (κ3) is 2.49. The van der Waals surface area contributed by atoms with Crippen molar-refractivity contribution in [3.8, 4) is 11.5 Å². The number of cyclic esters (lactones) is 1. The van der Waals surface area contributed by atoms with Gasteiger partial charge in [-0.3, -0.25) is 14.4 Å². The Bertz CT molecular complexity index is 646. The predicted molar refractivity (Wildman–Crippen MR) is 72.3 cm³/mol. The average Bonchev–Trinajstić information content (AvgIpc) is 2.64. The number of hydrogen-bond donors (Lipinski definition) is 2. The lowest BCUT2D eigenvalue weighted by Crippen LogP contribution is -2.21. The van der Waals surface area contributed by atoms with E-state index in [1.54, 1.807) is 6.92 Å². The Kier molecular flexibility index (Phi) is 3.72. The monoisotopic (exact) mass is 292 g/mol. The molecular formula is C15H16O6. The number of ketones is 2. The summed E-state index contributed by atoms with van der Waals surface area (Å²) in [6, 6.07) is 1.37. The lowest BCUT2D eigenvalue weighted by atomic mass is 9.91. The van der Waals surface area contributed by atoms with Crippen molar-refractivity contribution in [3.05, 3.63) is 22.8 Å². The fourth-order valence-electron chi connectivity index (χ4n) is 2.43. The van der Waals surface area contributed by atoms with E-state index in [4.69, 9.17) is 4.74 Å². The number of ether oxygens (including phenoxy) is 1. The summed E-state index contributed by atoms with van der Waals surface area (Å²) in [5.74, 6) is -3.14. The number of phenolic OH excluding ortho intramolecular Hbond substituents is 2. The molecule has 6 heteroatoms. The Labute approximate surface area is 121 Å². The Hall–Kier alpha value is -2.37. The molecule has 2 N–H and O–H groups in total. The number of esters is 1. The van der Waals surface area contributed by atoms with Crippen LogP contribution in [-0.4, -0.2) is 33.9 Å². The molecule has 0 radical (unpaired) electrons. The predicted octanol–water partition coefficient (Wildman–Crippen LogP) is 1.28. The van der Waals surface area contributed by atoms with E-state index in [0.29, 0.717) is 5.56 Å². The summed E-state index contributed by atoms with van der Waals surface area (Å²) in [5.41, 5.74) is 0.455. The quantitative estimate of drug-likeness (QED) is 0.494. The van der Waals surface area contributed by atoms with Crippen LogP contribution in [0.2, 0.25) is 0 Å². The van der Waals surface area contributed by atoms with Gasteiger partial charge in [0.25, 0.3) is 0 Å². The van der Waals surface area contributed by atoms with Crippen LogP contribution in [0, 0.1) is 12.8 Å². The standard InChI is InChI=1S/C15H16O6/c1-6-4-9(7(2)16)14(19)10(12(6)17)5-11-13(18)8(3)21-15(11)20/h4,8,11,17,19H,5H2,1-3H3. The van der Waals surface area contributed by atoms with E-state index < -0.39 is 29.5 Å². The van der Waals surface area contributed by atoms with Crippen LogP contribution < -0.4 is 0 Å². The molecule has 0 aromatic heterocycles. The Morgan fingerprint density at radius 3 is 2.38 bits per heavy atom. The van der Waals surface area contributed by atoms with Crippen molar-refractivity contribution in [2.75, 3.05) is 0 Å². The van der Waals surface area contributed by atoms with Crippen molar-refractivity contribution in [2.45, 2.75) is 33.3 Å². The van der Waals surface area contributed by atoms with Gasteiger partial charge in [0, 0.05) is 12.0 Å². The molecule has 21 heavy (non-hydrogen) atoms. The van der Waals surface area contributed by atoms with Crippen LogP contribution in [0.3, 0.4) is 0 Å². The fourth-order valence-corrected chi connectivity index (χ4v) is 2.43. The Morgan fingerprint density at radius 1 is 1.29 bits per heavy atom. The van der Waals surface area contributed by atoms with Crippen molar-refractivity contribution in [2.24, 2.45) is 5.92 Å². The van der Waals surface area contributed by atoms with E-state index in [9.17, 15) is 24.6 Å². The molecule has 0 amide bonds. The van der Waals surface area contributed by atoms with E-state index in [-0.39, 0.29) is 29.1 Å². The van der Waals surface area contributed by atoms with Crippen LogP contribution in [0.15, 0.2) is 6.07 Å². The van der Waals surface area contributed by atoms with Crippen molar-refractivity contribution < 1.29 is 29.3 Å². The maximum Gasteiger partial charge on any atom is 0.317 e. The summed E-state index contributed by atoms with van der Waals surface area (Å²) in [6.45, 7) is 4.33. The topological polar surface area (TPSA) is 101 Å². The minimum atomic E-state index is -1.07. The molecule has 1 aliphatic rings. The molecule has 6 nitrogen and oxygen atoms in total. The number of rotatable bonds is 3. The highest BCUT2D eigenvalue weighted by Crippen LogP contribution is 2.37. The van der Waals surface area contributed by atoms with E-state index in [2.05, 4.69) is 0 Å². The van der Waals surface area contributed by atoms with Gasteiger partial charge in [-0.25, -0.2) is 0 Å². The molecule has 2 rings (SSSR count). The first-order valence-corrected chi connectivity index (χ1v) is 6.53. The second kappa shape index (κ2) is 5.20. The van der Waals surface area contributed by atoms with E-state index in [1.807, 2.05) is 0 Å². The minimum absolute atomic E-state index is 0.0181. The van der Waals surface area contributed by atoms with Crippen LogP contribution >= 0.6 is 0 Å². The third-order valence-electron chi connectivity index (χ3n) is 3.67. The Morgan fingerprint density at radius 2 is 1.90 bits per heavy atom. The molecule has 1 aromatic rings. The largest absolute Gasteiger partial charge is 0.507 e. The van der Waals surface area contributed by atoms with E-state index >= 15 is 0 Å². The normalized spacial score (nSPS) is 21.5. The third-order valence-corrected chi connectivity index (χ3v) is 3.67. The number of Topliss-reactive ketones (excluding diaryl/α,β-unsaturated/α-hetero) is 2. The summed E-state index contributed by atoms with van der Waals surface area (Å²) in [6.07, 6.45) is -1.02. The first kappa shape index (κ1) is 15.0. The molecule has 0 spiro atoms. The highest BCUT2D eigenvalue weighted by atomic mass is 16.6. The van der Waals surface area contributed by atoms with Gasteiger partial charge in [-0.05, 0) is 32.4 Å². The molecule has 0 aliphatic carbocycles. The van der Waals surface area contributed by atoms with Gasteiger partial charge in [-0.2, -0.15) is 0 Å². The maximum absolute atomic E-state index is 11.9. The highest BCUT2D eigenvalue weighted by Gasteiger charge is 2.41. The summed E-state index contributed by atoms with van der Waals surface area (Å²) >= 11 is 0. The number of aromatic hydroxyl groups is 2. The summed E-state index contributed by atoms with van der Waals surface area (Å²) in [4.78, 5) is 35.0. The second-order valence-corrected chi connectivity index (χ2v) is 5.21. The SMILES string of the molecule is CC(=O)c1cc(C)c(O)c(CC2C(=O)OC(C)C2=O)c1O. The number of phenols is 2. The average molecular weight is 292 g/mol. The molecule has 1 fully saturated rings. The molecule has 0 bridgehead atoms. The van der Waals surface area contributed by atoms with Crippen molar-refractivity contribution in [1.29, 1.82) is 0 Å². The molecule has 2 atom stereocenters. The number of aryl methyl sites for hydroxylation is 1. The van der Waals surface area contributed by atoms with Gasteiger partial charge in [0.2, 0.25) is 0 Å². The van der Waals surface area contributed by atoms with Gasteiger partial charge in [0.05, 0.1) is 5.56 Å². The molecule has 0 saturated carbocycles. The molecular weight excluding hydrogens is 276 g/mol. The van der Waals surface area contributed by atoms with Crippen molar-refractivity contribution in [3.63, 3.8) is 0 Å². The second-order valence-electron chi connectivity index (χ2n) is 5.21. The van der Waals surface area contributed by atoms with Gasteiger partial charge in [0.15, 0.2) is 17.7 Å². The smallest absolute Gasteiger partial charge is 0.317 e. The first-order valence-electron chi connectivity index (χ1n) is 6.53. The molecule has 1 aliphatic heterocycles. The lowest BCUT2D eigenvalue weighted by molar-refractivity contribution is -0.143. The fraction of sp³-hybridized carbons (Fsp3) is 0.400. The molecule has 2 unspecified atom stereocenters. The molecule has 1 saturated heterocycles. The minimum Gasteiger partial charge on any atom is -0.507 e. The van der Waals surface area contributed by atoms with Crippen molar-refractivity contribution in [1.82, 2.24) is 0 Å². The first-order chi connectivity index (χ1) is 9.73. The van der Waals surface area contributed by atoms with Gasteiger partial charge in [-0.1, -0.05) is 0 Å². The van der Waals surface area contributed by atoms with Crippen LogP contribution in [0.5, 0.6) is 11.5 Å². The molecule has 1 aromatic carbocycles. The van der Waals surface area contributed by atoms with Crippen LogP contribution in [-0.2, 0) is 20.7 Å². The number of benzene rings is 1. The Balaban J connectivity index is 2.47. The van der Waals surface area contributed by atoms with Crippen LogP contribution in [0.25, 0.3) is 0 Å². The zero-order chi connectivity index (χ0) is 15.9. The molecule has 1 heterocycles. The maximum atomic E-state index is 11.9. The van der Waals surface area contributed by atoms with Gasteiger partial charge >= 0.3 is 5.97 Å². The van der Waals surface area contributed by atoms with Crippen molar-refractivity contribution >= 4 is 17.5 Å². The lowest BCUT2D eigenvalue weighted by Gasteiger charge is -2.14. The number of carbonyl (C=O) groups excluding carboxylic acids is 3. The van der Waals surface area contributed by atoms with Crippen LogP contribution in [0.4, 0.5) is 0 Å². The van der Waals surface area contributed by atoms with Gasteiger partial charge < -0.3 is 14.9 Å². The molecule has 112 valence electrons. The van der Waals surface area contributed by atoms with E-state index in [0.717, 1.165) is 0 Å². The van der Waals surface area contributed by atoms with Crippen LogP contribution in [0.1, 0.15) is 35.3 Å². The van der Waals surface area contributed by atoms with Gasteiger partial charge in [-0.15, -0.1) is 0 Å². The summed E-state index contributed by atoms with van der Waals surface area (Å²) < 4.78 is 4.83. The zero-order valence-corrected chi connectivity index (χ0v) is 12.0. The zero-order valence-electron chi connectivity index (χ0n) is 12.0. The summed E-state index contributed by atoms with van der Waals surface area (Å²) in [7, 11) is 0. The highest BCUT2D eigenvalue weighted by molar-refractivity contribution is 6.06. The van der Waals surface area contributed by atoms with Gasteiger partial charge in [0.1, 0.15) is 17.4 Å². The number of hydrogen-bond acceptors (Lipinski definition) is 6. The number of carbonyl (C=O) groups is 3. The summed E-state index contributed by atoms with van der Waals surface area (Å²) in [5, 5.41) is 20.2.